The Bertz CT molecular complexity index is 1190. The summed E-state index contributed by atoms with van der Waals surface area (Å²) in [7, 11) is -3.61. The second kappa shape index (κ2) is 12.0. The van der Waals surface area contributed by atoms with Crippen LogP contribution >= 0.6 is 15.9 Å². The average Bonchev–Trinajstić information content (AvgIpc) is 3.27. The zero-order valence-corrected chi connectivity index (χ0v) is 23.3. The fourth-order valence-electron chi connectivity index (χ4n) is 3.82. The van der Waals surface area contributed by atoms with Crippen LogP contribution in [0.15, 0.2) is 46.9 Å². The molecule has 0 radical (unpaired) electrons. The molecule has 2 aromatic carbocycles. The van der Waals surface area contributed by atoms with Gasteiger partial charge < -0.3 is 19.7 Å². The third-order valence-corrected chi connectivity index (χ3v) is 7.38. The number of ether oxygens (including phenoxy) is 2. The van der Waals surface area contributed by atoms with Crippen molar-refractivity contribution in [2.24, 2.45) is 0 Å². The maximum absolute atomic E-state index is 13.3. The summed E-state index contributed by atoms with van der Waals surface area (Å²) in [5.74, 6) is 0.555. The first-order valence-corrected chi connectivity index (χ1v) is 14.3. The highest BCUT2D eigenvalue weighted by Crippen LogP contribution is 2.36. The van der Waals surface area contributed by atoms with Crippen LogP contribution in [0, 0.1) is 0 Å². The van der Waals surface area contributed by atoms with Crippen LogP contribution in [0.1, 0.15) is 39.2 Å². The van der Waals surface area contributed by atoms with E-state index in [0.717, 1.165) is 16.3 Å². The van der Waals surface area contributed by atoms with Crippen LogP contribution in [-0.4, -0.2) is 56.8 Å². The number of carbonyl (C=O) groups is 2. The number of amides is 2. The lowest BCUT2D eigenvalue weighted by Gasteiger charge is -2.30. The first-order chi connectivity index (χ1) is 17.0. The van der Waals surface area contributed by atoms with E-state index in [1.165, 1.54) is 9.21 Å². The topological polar surface area (TPSA) is 105 Å². The number of rotatable bonds is 11. The normalized spacial score (nSPS) is 13.4. The van der Waals surface area contributed by atoms with Crippen molar-refractivity contribution in [1.29, 1.82) is 0 Å². The van der Waals surface area contributed by atoms with Gasteiger partial charge in [-0.25, -0.2) is 8.42 Å². The summed E-state index contributed by atoms with van der Waals surface area (Å²) in [6.07, 6.45) is 1.47. The van der Waals surface area contributed by atoms with Crippen LogP contribution in [0.2, 0.25) is 0 Å². The molecule has 36 heavy (non-hydrogen) atoms. The van der Waals surface area contributed by atoms with E-state index in [0.29, 0.717) is 17.2 Å². The zero-order chi connectivity index (χ0) is 26.5. The van der Waals surface area contributed by atoms with Gasteiger partial charge in [-0.1, -0.05) is 28.1 Å². The van der Waals surface area contributed by atoms with E-state index < -0.39 is 16.1 Å². The Morgan fingerprint density at radius 1 is 1.06 bits per heavy atom. The van der Waals surface area contributed by atoms with Gasteiger partial charge in [-0.3, -0.25) is 13.9 Å². The molecule has 0 saturated heterocycles. The van der Waals surface area contributed by atoms with Crippen molar-refractivity contribution in [2.45, 2.75) is 52.2 Å². The summed E-state index contributed by atoms with van der Waals surface area (Å²) in [6, 6.07) is 11.7. The van der Waals surface area contributed by atoms with Gasteiger partial charge in [0.05, 0.1) is 11.9 Å². The first-order valence-electron chi connectivity index (χ1n) is 11.7. The van der Waals surface area contributed by atoms with Crippen LogP contribution in [0.5, 0.6) is 11.5 Å². The summed E-state index contributed by atoms with van der Waals surface area (Å²) in [5, 5.41) is 2.86. The predicted octanol–water partition coefficient (Wildman–Crippen LogP) is 3.67. The van der Waals surface area contributed by atoms with Crippen molar-refractivity contribution in [1.82, 2.24) is 10.2 Å². The molecular formula is C25H32BrN3O6S. The van der Waals surface area contributed by atoms with E-state index >= 15 is 0 Å². The molecule has 0 saturated carbocycles. The molecule has 0 spiro atoms. The summed E-state index contributed by atoms with van der Waals surface area (Å²) >= 11 is 3.41. The zero-order valence-electron chi connectivity index (χ0n) is 20.9. The molecule has 0 fully saturated rings. The van der Waals surface area contributed by atoms with E-state index in [4.69, 9.17) is 9.47 Å². The Morgan fingerprint density at radius 3 is 2.36 bits per heavy atom. The number of nitrogens with one attached hydrogen (secondary N) is 1. The standard InChI is InChI=1S/C25H32BrN3O6S/c1-17(2)27-25(31)18(3)28(15-19-7-9-20(26)10-8-19)24(30)6-5-13-29(36(4,32)33)21-11-12-22-23(14-21)35-16-34-22/h7-12,14,17-18H,5-6,13,15-16H2,1-4H3,(H,27,31)/t18-/m1/s1. The van der Waals surface area contributed by atoms with Crippen molar-refractivity contribution in [3.05, 3.63) is 52.5 Å². The van der Waals surface area contributed by atoms with E-state index in [1.807, 2.05) is 38.1 Å². The molecule has 3 rings (SSSR count). The fourth-order valence-corrected chi connectivity index (χ4v) is 5.04. The van der Waals surface area contributed by atoms with Gasteiger partial charge in [0.15, 0.2) is 11.5 Å². The van der Waals surface area contributed by atoms with Gasteiger partial charge >= 0.3 is 0 Å². The van der Waals surface area contributed by atoms with E-state index in [2.05, 4.69) is 21.2 Å². The average molecular weight is 583 g/mol. The second-order valence-corrected chi connectivity index (χ2v) is 11.8. The van der Waals surface area contributed by atoms with Crippen LogP contribution in [-0.2, 0) is 26.2 Å². The lowest BCUT2D eigenvalue weighted by atomic mass is 10.1. The van der Waals surface area contributed by atoms with E-state index in [-0.39, 0.29) is 50.6 Å². The molecule has 0 bridgehead atoms. The van der Waals surface area contributed by atoms with Crippen molar-refractivity contribution in [2.75, 3.05) is 23.9 Å². The molecule has 1 aliphatic heterocycles. The molecule has 0 aromatic heterocycles. The number of halogens is 1. The molecule has 1 atom stereocenters. The van der Waals surface area contributed by atoms with Crippen LogP contribution < -0.4 is 19.1 Å². The Morgan fingerprint density at radius 2 is 1.72 bits per heavy atom. The number of benzene rings is 2. The lowest BCUT2D eigenvalue weighted by Crippen LogP contribution is -2.49. The summed E-state index contributed by atoms with van der Waals surface area (Å²) < 4.78 is 37.9. The number of hydrogen-bond acceptors (Lipinski definition) is 6. The number of carbonyl (C=O) groups excluding carboxylic acids is 2. The Hall–Kier alpha value is -2.79. The SMILES string of the molecule is CC(C)NC(=O)[C@@H](C)N(Cc1ccc(Br)cc1)C(=O)CCCN(c1ccc2c(c1)OCO2)S(C)(=O)=O. The number of sulfonamides is 1. The molecule has 1 aliphatic rings. The summed E-state index contributed by atoms with van der Waals surface area (Å²) in [4.78, 5) is 27.5. The van der Waals surface area contributed by atoms with Gasteiger partial charge in [-0.05, 0) is 57.0 Å². The molecule has 9 nitrogen and oxygen atoms in total. The lowest BCUT2D eigenvalue weighted by molar-refractivity contribution is -0.140. The van der Waals surface area contributed by atoms with Crippen molar-refractivity contribution in [3.63, 3.8) is 0 Å². The van der Waals surface area contributed by atoms with Crippen LogP contribution in [0.25, 0.3) is 0 Å². The van der Waals surface area contributed by atoms with Gasteiger partial charge in [0.25, 0.3) is 0 Å². The van der Waals surface area contributed by atoms with Crippen molar-refractivity contribution in [3.8, 4) is 11.5 Å². The summed E-state index contributed by atoms with van der Waals surface area (Å²) in [5.41, 5.74) is 1.32. The fraction of sp³-hybridized carbons (Fsp3) is 0.440. The molecular weight excluding hydrogens is 550 g/mol. The number of fused-ring (bicyclic) bond motifs is 1. The van der Waals surface area contributed by atoms with Gasteiger partial charge in [0.2, 0.25) is 28.6 Å². The molecule has 0 unspecified atom stereocenters. The van der Waals surface area contributed by atoms with Crippen LogP contribution in [0.4, 0.5) is 5.69 Å². The third-order valence-electron chi connectivity index (χ3n) is 5.66. The highest BCUT2D eigenvalue weighted by Gasteiger charge is 2.27. The molecule has 11 heteroatoms. The largest absolute Gasteiger partial charge is 0.454 e. The Kier molecular flexibility index (Phi) is 9.24. The van der Waals surface area contributed by atoms with Crippen molar-refractivity contribution < 1.29 is 27.5 Å². The van der Waals surface area contributed by atoms with Crippen molar-refractivity contribution >= 4 is 43.5 Å². The molecule has 1 heterocycles. The minimum absolute atomic E-state index is 0.0606. The van der Waals surface area contributed by atoms with Gasteiger partial charge in [-0.2, -0.15) is 0 Å². The second-order valence-electron chi connectivity index (χ2n) is 8.96. The van der Waals surface area contributed by atoms with E-state index in [9.17, 15) is 18.0 Å². The molecule has 2 amide bonds. The predicted molar refractivity (Wildman–Crippen MR) is 141 cm³/mol. The number of anilines is 1. The minimum atomic E-state index is -3.61. The molecule has 2 aromatic rings. The molecule has 196 valence electrons. The van der Waals surface area contributed by atoms with Crippen LogP contribution in [0.3, 0.4) is 0 Å². The Balaban J connectivity index is 1.72. The van der Waals surface area contributed by atoms with E-state index in [1.54, 1.807) is 25.1 Å². The molecule has 1 N–H and O–H groups in total. The smallest absolute Gasteiger partial charge is 0.242 e. The minimum Gasteiger partial charge on any atom is -0.454 e. The monoisotopic (exact) mass is 581 g/mol. The summed E-state index contributed by atoms with van der Waals surface area (Å²) in [6.45, 7) is 5.87. The maximum atomic E-state index is 13.3. The Labute approximate surface area is 220 Å². The highest BCUT2D eigenvalue weighted by molar-refractivity contribution is 9.10. The quantitative estimate of drug-likeness (QED) is 0.434. The number of nitrogens with zero attached hydrogens (tertiary/aromatic N) is 2. The van der Waals surface area contributed by atoms with Gasteiger partial charge in [0.1, 0.15) is 6.04 Å². The van der Waals surface area contributed by atoms with Gasteiger partial charge in [-0.15, -0.1) is 0 Å². The maximum Gasteiger partial charge on any atom is 0.242 e. The van der Waals surface area contributed by atoms with Gasteiger partial charge in [0, 0.05) is 36.1 Å². The number of hydrogen-bond donors (Lipinski definition) is 1. The third kappa shape index (κ3) is 7.36. The highest BCUT2D eigenvalue weighted by atomic mass is 79.9. The molecule has 0 aliphatic carbocycles. The first kappa shape index (κ1) is 27.8.